The lowest BCUT2D eigenvalue weighted by Crippen LogP contribution is -2.12. The number of anilines is 1. The predicted molar refractivity (Wildman–Crippen MR) is 92.6 cm³/mol. The van der Waals surface area contributed by atoms with Crippen molar-refractivity contribution in [3.63, 3.8) is 0 Å². The van der Waals surface area contributed by atoms with E-state index in [-0.39, 0.29) is 5.91 Å². The molecule has 23 heavy (non-hydrogen) atoms. The van der Waals surface area contributed by atoms with Crippen LogP contribution in [0.25, 0.3) is 0 Å². The molecule has 2 aromatic rings. The van der Waals surface area contributed by atoms with E-state index >= 15 is 0 Å². The lowest BCUT2D eigenvalue weighted by molar-refractivity contribution is -0.116. The van der Waals surface area contributed by atoms with Crippen LogP contribution in [0.4, 0.5) is 5.69 Å². The first-order chi connectivity index (χ1) is 11.1. The van der Waals surface area contributed by atoms with Crippen LogP contribution in [0, 0.1) is 0 Å². The van der Waals surface area contributed by atoms with E-state index in [1.165, 1.54) is 5.56 Å². The lowest BCUT2D eigenvalue weighted by atomic mass is 10.1. The van der Waals surface area contributed by atoms with Crippen LogP contribution in [0.1, 0.15) is 18.4 Å². The van der Waals surface area contributed by atoms with Crippen molar-refractivity contribution in [2.75, 3.05) is 19.5 Å². The van der Waals surface area contributed by atoms with Crippen molar-refractivity contribution < 1.29 is 14.3 Å². The SMILES string of the molecule is COc1ccc(CCCC(=O)Nc2cc(Cl)ccc2OC)cc1. The quantitative estimate of drug-likeness (QED) is 0.821. The number of rotatable bonds is 7. The fraction of sp³-hybridized carbons (Fsp3) is 0.278. The number of halogens is 1. The van der Waals surface area contributed by atoms with Crippen molar-refractivity contribution in [2.45, 2.75) is 19.3 Å². The summed E-state index contributed by atoms with van der Waals surface area (Å²) < 4.78 is 10.3. The molecule has 1 N–H and O–H groups in total. The molecule has 0 radical (unpaired) electrons. The van der Waals surface area contributed by atoms with Gasteiger partial charge < -0.3 is 14.8 Å². The van der Waals surface area contributed by atoms with Gasteiger partial charge in [-0.1, -0.05) is 23.7 Å². The number of aryl methyl sites for hydroxylation is 1. The minimum atomic E-state index is -0.0564. The molecular weight excluding hydrogens is 314 g/mol. The van der Waals surface area contributed by atoms with Crippen LogP contribution in [0.5, 0.6) is 11.5 Å². The van der Waals surface area contributed by atoms with Gasteiger partial charge in [-0.2, -0.15) is 0 Å². The zero-order valence-electron chi connectivity index (χ0n) is 13.3. The lowest BCUT2D eigenvalue weighted by Gasteiger charge is -2.10. The molecule has 2 rings (SSSR count). The number of hydrogen-bond donors (Lipinski definition) is 1. The Hall–Kier alpha value is -2.20. The summed E-state index contributed by atoms with van der Waals surface area (Å²) in [6, 6.07) is 13.0. The van der Waals surface area contributed by atoms with Gasteiger partial charge in [0.2, 0.25) is 5.91 Å². The van der Waals surface area contributed by atoms with Gasteiger partial charge in [-0.15, -0.1) is 0 Å². The monoisotopic (exact) mass is 333 g/mol. The second-order valence-electron chi connectivity index (χ2n) is 5.09. The summed E-state index contributed by atoms with van der Waals surface area (Å²) >= 11 is 5.95. The molecule has 0 unspecified atom stereocenters. The van der Waals surface area contributed by atoms with E-state index in [1.807, 2.05) is 24.3 Å². The third kappa shape index (κ3) is 5.18. The van der Waals surface area contributed by atoms with Gasteiger partial charge in [0, 0.05) is 11.4 Å². The smallest absolute Gasteiger partial charge is 0.224 e. The average molecular weight is 334 g/mol. The molecule has 0 fully saturated rings. The van der Waals surface area contributed by atoms with Crippen molar-refractivity contribution in [2.24, 2.45) is 0 Å². The molecular formula is C18H20ClNO3. The van der Waals surface area contributed by atoms with E-state index in [0.717, 1.165) is 18.6 Å². The molecule has 2 aromatic carbocycles. The van der Waals surface area contributed by atoms with Crippen LogP contribution in [0.2, 0.25) is 5.02 Å². The van der Waals surface area contributed by atoms with Gasteiger partial charge in [-0.25, -0.2) is 0 Å². The number of carbonyl (C=O) groups is 1. The number of benzene rings is 2. The maximum absolute atomic E-state index is 12.1. The van der Waals surface area contributed by atoms with Crippen LogP contribution in [-0.4, -0.2) is 20.1 Å². The molecule has 0 spiro atoms. The Kier molecular flexibility index (Phi) is 6.29. The van der Waals surface area contributed by atoms with Gasteiger partial charge in [0.15, 0.2) is 0 Å². The molecule has 0 heterocycles. The molecule has 5 heteroatoms. The van der Waals surface area contributed by atoms with Crippen molar-refractivity contribution in [3.8, 4) is 11.5 Å². The fourth-order valence-corrected chi connectivity index (χ4v) is 2.41. The summed E-state index contributed by atoms with van der Waals surface area (Å²) in [6.45, 7) is 0. The molecule has 1 amide bonds. The maximum atomic E-state index is 12.1. The van der Waals surface area contributed by atoms with Gasteiger partial charge in [-0.3, -0.25) is 4.79 Å². The van der Waals surface area contributed by atoms with E-state index in [4.69, 9.17) is 21.1 Å². The molecule has 0 bridgehead atoms. The molecule has 4 nitrogen and oxygen atoms in total. The highest BCUT2D eigenvalue weighted by Gasteiger charge is 2.08. The Morgan fingerprint density at radius 2 is 1.83 bits per heavy atom. The van der Waals surface area contributed by atoms with Gasteiger partial charge >= 0.3 is 0 Å². The van der Waals surface area contributed by atoms with Crippen LogP contribution in [0.3, 0.4) is 0 Å². The van der Waals surface area contributed by atoms with Crippen LogP contribution >= 0.6 is 11.6 Å². The second-order valence-corrected chi connectivity index (χ2v) is 5.53. The van der Waals surface area contributed by atoms with Crippen LogP contribution in [-0.2, 0) is 11.2 Å². The Bertz CT molecular complexity index is 656. The molecule has 122 valence electrons. The second kappa shape index (κ2) is 8.44. The number of hydrogen-bond acceptors (Lipinski definition) is 3. The zero-order chi connectivity index (χ0) is 16.7. The summed E-state index contributed by atoms with van der Waals surface area (Å²) in [5, 5.41) is 3.39. The Morgan fingerprint density at radius 1 is 1.09 bits per heavy atom. The van der Waals surface area contributed by atoms with Crippen LogP contribution < -0.4 is 14.8 Å². The number of amides is 1. The summed E-state index contributed by atoms with van der Waals surface area (Å²) in [5.41, 5.74) is 1.77. The van der Waals surface area contributed by atoms with E-state index < -0.39 is 0 Å². The number of methoxy groups -OCH3 is 2. The highest BCUT2D eigenvalue weighted by molar-refractivity contribution is 6.31. The normalized spacial score (nSPS) is 10.2. The standard InChI is InChI=1S/C18H20ClNO3/c1-22-15-9-6-13(7-10-15)4-3-5-18(21)20-16-12-14(19)8-11-17(16)23-2/h6-12H,3-5H2,1-2H3,(H,20,21). The van der Waals surface area contributed by atoms with Gasteiger partial charge in [-0.05, 0) is 48.7 Å². The molecule has 0 saturated heterocycles. The Balaban J connectivity index is 1.84. The number of carbonyl (C=O) groups excluding carboxylic acids is 1. The summed E-state index contributed by atoms with van der Waals surface area (Å²) in [7, 11) is 3.20. The first kappa shape index (κ1) is 17.2. The van der Waals surface area contributed by atoms with Gasteiger partial charge in [0.05, 0.1) is 19.9 Å². The van der Waals surface area contributed by atoms with Crippen molar-refractivity contribution >= 4 is 23.2 Å². The number of nitrogens with one attached hydrogen (secondary N) is 1. The topological polar surface area (TPSA) is 47.6 Å². The average Bonchev–Trinajstić information content (AvgIpc) is 2.56. The minimum Gasteiger partial charge on any atom is -0.497 e. The van der Waals surface area contributed by atoms with Crippen LogP contribution in [0.15, 0.2) is 42.5 Å². The van der Waals surface area contributed by atoms with E-state index in [2.05, 4.69) is 5.32 Å². The first-order valence-electron chi connectivity index (χ1n) is 7.38. The van der Waals surface area contributed by atoms with Crippen molar-refractivity contribution in [3.05, 3.63) is 53.1 Å². The molecule has 0 aromatic heterocycles. The largest absolute Gasteiger partial charge is 0.497 e. The maximum Gasteiger partial charge on any atom is 0.224 e. The third-order valence-corrected chi connectivity index (χ3v) is 3.70. The van der Waals surface area contributed by atoms with E-state index in [0.29, 0.717) is 22.9 Å². The molecule has 0 atom stereocenters. The third-order valence-electron chi connectivity index (χ3n) is 3.46. The van der Waals surface area contributed by atoms with Gasteiger partial charge in [0.25, 0.3) is 0 Å². The molecule has 0 saturated carbocycles. The number of ether oxygens (including phenoxy) is 2. The minimum absolute atomic E-state index is 0.0564. The van der Waals surface area contributed by atoms with E-state index in [9.17, 15) is 4.79 Å². The molecule has 0 aliphatic rings. The zero-order valence-corrected chi connectivity index (χ0v) is 14.0. The Labute approximate surface area is 141 Å². The van der Waals surface area contributed by atoms with E-state index in [1.54, 1.807) is 32.4 Å². The highest BCUT2D eigenvalue weighted by Crippen LogP contribution is 2.27. The van der Waals surface area contributed by atoms with Crippen molar-refractivity contribution in [1.82, 2.24) is 0 Å². The Morgan fingerprint density at radius 3 is 2.48 bits per heavy atom. The fourth-order valence-electron chi connectivity index (χ4n) is 2.24. The molecule has 0 aliphatic carbocycles. The van der Waals surface area contributed by atoms with Gasteiger partial charge in [0.1, 0.15) is 11.5 Å². The molecule has 0 aliphatic heterocycles. The first-order valence-corrected chi connectivity index (χ1v) is 7.76. The predicted octanol–water partition coefficient (Wildman–Crippen LogP) is 4.32. The summed E-state index contributed by atoms with van der Waals surface area (Å²) in [6.07, 6.45) is 2.03. The van der Waals surface area contributed by atoms with Crippen molar-refractivity contribution in [1.29, 1.82) is 0 Å². The summed E-state index contributed by atoms with van der Waals surface area (Å²) in [4.78, 5) is 12.1. The summed E-state index contributed by atoms with van der Waals surface area (Å²) in [5.74, 6) is 1.37. The highest BCUT2D eigenvalue weighted by atomic mass is 35.5.